The zero-order valence-electron chi connectivity index (χ0n) is 10.8. The van der Waals surface area contributed by atoms with Crippen LogP contribution >= 0.6 is 0 Å². The van der Waals surface area contributed by atoms with Gasteiger partial charge in [0.15, 0.2) is 0 Å². The standard InChI is InChI=1S/C14H19N3/c1-4-14(6-5-7-14)17-13-12(9-15)10(2)8-11(3)16-13/h8H,4-7H2,1-3H3,(H,16,17). The molecule has 1 N–H and O–H groups in total. The first kappa shape index (κ1) is 11.9. The first-order chi connectivity index (χ1) is 8.10. The average Bonchev–Trinajstić information content (AvgIpc) is 2.23. The van der Waals surface area contributed by atoms with Crippen LogP contribution in [0.15, 0.2) is 6.07 Å². The molecule has 2 rings (SSSR count). The van der Waals surface area contributed by atoms with Crippen LogP contribution in [0.1, 0.15) is 49.4 Å². The van der Waals surface area contributed by atoms with Crippen molar-refractivity contribution < 1.29 is 0 Å². The molecule has 1 fully saturated rings. The molecule has 3 nitrogen and oxygen atoms in total. The Labute approximate surface area is 103 Å². The highest BCUT2D eigenvalue weighted by Gasteiger charge is 2.35. The van der Waals surface area contributed by atoms with E-state index in [1.165, 1.54) is 19.3 Å². The molecule has 0 spiro atoms. The quantitative estimate of drug-likeness (QED) is 0.865. The van der Waals surface area contributed by atoms with Crippen molar-refractivity contribution in [2.24, 2.45) is 0 Å². The van der Waals surface area contributed by atoms with E-state index >= 15 is 0 Å². The summed E-state index contributed by atoms with van der Waals surface area (Å²) in [5.74, 6) is 0.770. The normalized spacial score (nSPS) is 17.1. The minimum Gasteiger partial charge on any atom is -0.364 e. The van der Waals surface area contributed by atoms with Crippen LogP contribution in [0.5, 0.6) is 0 Å². The monoisotopic (exact) mass is 229 g/mol. The van der Waals surface area contributed by atoms with E-state index in [4.69, 9.17) is 0 Å². The van der Waals surface area contributed by atoms with Gasteiger partial charge in [-0.25, -0.2) is 4.98 Å². The second-order valence-electron chi connectivity index (χ2n) is 5.03. The van der Waals surface area contributed by atoms with Gasteiger partial charge >= 0.3 is 0 Å². The van der Waals surface area contributed by atoms with Gasteiger partial charge in [-0.2, -0.15) is 5.26 Å². The summed E-state index contributed by atoms with van der Waals surface area (Å²) in [6.45, 7) is 6.14. The Morgan fingerprint density at radius 1 is 1.47 bits per heavy atom. The highest BCUT2D eigenvalue weighted by atomic mass is 15.1. The molecule has 0 saturated heterocycles. The fraction of sp³-hybridized carbons (Fsp3) is 0.571. The van der Waals surface area contributed by atoms with Gasteiger partial charge in [-0.3, -0.25) is 0 Å². The molecule has 90 valence electrons. The van der Waals surface area contributed by atoms with Crippen LogP contribution in [-0.2, 0) is 0 Å². The molecule has 0 bridgehead atoms. The smallest absolute Gasteiger partial charge is 0.144 e. The Morgan fingerprint density at radius 3 is 2.65 bits per heavy atom. The van der Waals surface area contributed by atoms with Crippen LogP contribution in [0.2, 0.25) is 0 Å². The molecule has 0 radical (unpaired) electrons. The molecule has 0 unspecified atom stereocenters. The minimum atomic E-state index is 0.179. The van der Waals surface area contributed by atoms with Crippen molar-refractivity contribution in [2.75, 3.05) is 5.32 Å². The van der Waals surface area contributed by atoms with Gasteiger partial charge in [0, 0.05) is 11.2 Å². The maximum Gasteiger partial charge on any atom is 0.144 e. The van der Waals surface area contributed by atoms with Crippen LogP contribution in [0.3, 0.4) is 0 Å². The molecule has 1 heterocycles. The summed E-state index contributed by atoms with van der Waals surface area (Å²) in [5, 5.41) is 12.7. The third-order valence-electron chi connectivity index (χ3n) is 3.83. The third kappa shape index (κ3) is 2.12. The number of rotatable bonds is 3. The van der Waals surface area contributed by atoms with Gasteiger partial charge in [0.1, 0.15) is 11.9 Å². The van der Waals surface area contributed by atoms with Crippen molar-refractivity contribution in [1.29, 1.82) is 5.26 Å². The van der Waals surface area contributed by atoms with E-state index in [0.717, 1.165) is 23.5 Å². The lowest BCUT2D eigenvalue weighted by molar-refractivity contribution is 0.268. The fourth-order valence-electron chi connectivity index (χ4n) is 2.49. The topological polar surface area (TPSA) is 48.7 Å². The molecule has 1 aliphatic rings. The Balaban J connectivity index is 2.35. The number of nitriles is 1. The first-order valence-electron chi connectivity index (χ1n) is 6.27. The van der Waals surface area contributed by atoms with Crippen LogP contribution in [0, 0.1) is 25.2 Å². The van der Waals surface area contributed by atoms with Crippen molar-refractivity contribution in [3.63, 3.8) is 0 Å². The molecule has 1 aliphatic carbocycles. The minimum absolute atomic E-state index is 0.179. The van der Waals surface area contributed by atoms with E-state index in [9.17, 15) is 5.26 Å². The summed E-state index contributed by atoms with van der Waals surface area (Å²) in [5.41, 5.74) is 2.84. The summed E-state index contributed by atoms with van der Waals surface area (Å²) in [4.78, 5) is 4.49. The van der Waals surface area contributed by atoms with Crippen LogP contribution < -0.4 is 5.32 Å². The number of aryl methyl sites for hydroxylation is 2. The molecular formula is C14H19N3. The largest absolute Gasteiger partial charge is 0.364 e. The number of nitrogens with one attached hydrogen (secondary N) is 1. The molecule has 0 aromatic carbocycles. The number of aromatic nitrogens is 1. The number of hydrogen-bond donors (Lipinski definition) is 1. The van der Waals surface area contributed by atoms with Gasteiger partial charge in [-0.1, -0.05) is 6.92 Å². The molecule has 0 aliphatic heterocycles. The number of hydrogen-bond acceptors (Lipinski definition) is 3. The van der Waals surface area contributed by atoms with E-state index in [1.54, 1.807) is 0 Å². The lowest BCUT2D eigenvalue weighted by Gasteiger charge is -2.42. The van der Waals surface area contributed by atoms with Crippen molar-refractivity contribution in [2.45, 2.75) is 52.0 Å². The van der Waals surface area contributed by atoms with Crippen LogP contribution in [0.25, 0.3) is 0 Å². The summed E-state index contributed by atoms with van der Waals surface area (Å²) >= 11 is 0. The van der Waals surface area contributed by atoms with E-state index in [0.29, 0.717) is 5.56 Å². The second-order valence-corrected chi connectivity index (χ2v) is 5.03. The molecule has 17 heavy (non-hydrogen) atoms. The van der Waals surface area contributed by atoms with Gasteiger partial charge in [-0.15, -0.1) is 0 Å². The van der Waals surface area contributed by atoms with E-state index < -0.39 is 0 Å². The predicted octanol–water partition coefficient (Wildman–Crippen LogP) is 3.31. The summed E-state index contributed by atoms with van der Waals surface area (Å²) in [6.07, 6.45) is 4.73. The summed E-state index contributed by atoms with van der Waals surface area (Å²) in [7, 11) is 0. The van der Waals surface area contributed by atoms with Crippen LogP contribution in [-0.4, -0.2) is 10.5 Å². The van der Waals surface area contributed by atoms with E-state index in [-0.39, 0.29) is 5.54 Å². The Bertz CT molecular complexity index is 462. The summed E-state index contributed by atoms with van der Waals surface area (Å²) < 4.78 is 0. The lowest BCUT2D eigenvalue weighted by atomic mass is 9.75. The van der Waals surface area contributed by atoms with Gasteiger partial charge in [0.2, 0.25) is 0 Å². The van der Waals surface area contributed by atoms with Gasteiger partial charge in [0.25, 0.3) is 0 Å². The highest BCUT2D eigenvalue weighted by molar-refractivity contribution is 5.57. The molecule has 0 amide bonds. The number of anilines is 1. The third-order valence-corrected chi connectivity index (χ3v) is 3.83. The SMILES string of the molecule is CCC1(Nc2nc(C)cc(C)c2C#N)CCC1. The van der Waals surface area contributed by atoms with Gasteiger partial charge in [0.05, 0.1) is 5.56 Å². The lowest BCUT2D eigenvalue weighted by Crippen LogP contribution is -2.44. The van der Waals surface area contributed by atoms with Crippen molar-refractivity contribution in [3.05, 3.63) is 22.9 Å². The zero-order chi connectivity index (χ0) is 12.5. The van der Waals surface area contributed by atoms with E-state index in [1.807, 2.05) is 19.9 Å². The predicted molar refractivity (Wildman–Crippen MR) is 68.9 cm³/mol. The van der Waals surface area contributed by atoms with Crippen LogP contribution in [0.4, 0.5) is 5.82 Å². The van der Waals surface area contributed by atoms with Crippen molar-refractivity contribution in [1.82, 2.24) is 4.98 Å². The zero-order valence-corrected chi connectivity index (χ0v) is 10.8. The number of nitrogens with zero attached hydrogens (tertiary/aromatic N) is 2. The Kier molecular flexibility index (Phi) is 3.06. The Morgan fingerprint density at radius 2 is 2.18 bits per heavy atom. The first-order valence-corrected chi connectivity index (χ1v) is 6.27. The molecule has 0 atom stereocenters. The van der Waals surface area contributed by atoms with E-state index in [2.05, 4.69) is 23.3 Å². The molecule has 3 heteroatoms. The molecule has 1 aromatic rings. The highest BCUT2D eigenvalue weighted by Crippen LogP contribution is 2.38. The van der Waals surface area contributed by atoms with Crippen molar-refractivity contribution in [3.8, 4) is 6.07 Å². The van der Waals surface area contributed by atoms with Gasteiger partial charge < -0.3 is 5.32 Å². The molecule has 1 aromatic heterocycles. The van der Waals surface area contributed by atoms with Crippen molar-refractivity contribution >= 4 is 5.82 Å². The molecule has 1 saturated carbocycles. The maximum atomic E-state index is 9.22. The second kappa shape index (κ2) is 4.37. The molecular weight excluding hydrogens is 210 g/mol. The fourth-order valence-corrected chi connectivity index (χ4v) is 2.49. The van der Waals surface area contributed by atoms with Gasteiger partial charge in [-0.05, 0) is 51.2 Å². The maximum absolute atomic E-state index is 9.22. The average molecular weight is 229 g/mol. The Hall–Kier alpha value is -1.56. The number of pyridine rings is 1. The summed E-state index contributed by atoms with van der Waals surface area (Å²) in [6, 6.07) is 4.22.